The number of alkyl halides is 1. The van der Waals surface area contributed by atoms with Gasteiger partial charge in [-0.2, -0.15) is 0 Å². The van der Waals surface area contributed by atoms with Gasteiger partial charge in [0.25, 0.3) is 0 Å². The zero-order valence-electron chi connectivity index (χ0n) is 11.3. The van der Waals surface area contributed by atoms with Crippen molar-refractivity contribution in [3.05, 3.63) is 17.7 Å². The summed E-state index contributed by atoms with van der Waals surface area (Å²) in [5.74, 6) is 1.20. The molecule has 1 aliphatic heterocycles. The molecular formula is C14H18ClNO3. The number of hydrogen-bond donors (Lipinski definition) is 1. The molecule has 2 unspecified atom stereocenters. The third-order valence-corrected chi connectivity index (χ3v) is 3.12. The Bertz CT molecular complexity index is 488. The van der Waals surface area contributed by atoms with Gasteiger partial charge >= 0.3 is 0 Å². The SMILES string of the molecule is CCOc1cc2c(cc1NC(=O)C(C)Cl)OC(C)C2. The van der Waals surface area contributed by atoms with Crippen molar-refractivity contribution in [2.45, 2.75) is 38.7 Å². The van der Waals surface area contributed by atoms with Crippen LogP contribution in [-0.2, 0) is 11.2 Å². The Labute approximate surface area is 118 Å². The van der Waals surface area contributed by atoms with E-state index in [0.29, 0.717) is 18.0 Å². The molecule has 1 aromatic rings. The monoisotopic (exact) mass is 283 g/mol. The number of ether oxygens (including phenoxy) is 2. The molecule has 0 aromatic heterocycles. The molecule has 5 heteroatoms. The van der Waals surface area contributed by atoms with E-state index >= 15 is 0 Å². The maximum atomic E-state index is 11.7. The average molecular weight is 284 g/mol. The quantitative estimate of drug-likeness (QED) is 0.864. The van der Waals surface area contributed by atoms with Crippen LogP contribution in [0.15, 0.2) is 12.1 Å². The highest BCUT2D eigenvalue weighted by molar-refractivity contribution is 6.32. The number of amides is 1. The topological polar surface area (TPSA) is 47.6 Å². The van der Waals surface area contributed by atoms with E-state index in [1.165, 1.54) is 0 Å². The standard InChI is InChI=1S/C14H18ClNO3/c1-4-18-13-6-10-5-8(2)19-12(10)7-11(13)16-14(17)9(3)15/h6-9H,4-5H2,1-3H3,(H,16,17). The van der Waals surface area contributed by atoms with Crippen LogP contribution in [0.5, 0.6) is 11.5 Å². The fraction of sp³-hybridized carbons (Fsp3) is 0.500. The summed E-state index contributed by atoms with van der Waals surface area (Å²) in [7, 11) is 0. The first-order valence-corrected chi connectivity index (χ1v) is 6.86. The molecule has 0 saturated carbocycles. The van der Waals surface area contributed by atoms with E-state index in [0.717, 1.165) is 17.7 Å². The van der Waals surface area contributed by atoms with E-state index in [2.05, 4.69) is 5.32 Å². The lowest BCUT2D eigenvalue weighted by Crippen LogP contribution is -2.20. The van der Waals surface area contributed by atoms with Crippen molar-refractivity contribution in [2.75, 3.05) is 11.9 Å². The second kappa shape index (κ2) is 5.70. The Hall–Kier alpha value is -1.42. The van der Waals surface area contributed by atoms with E-state index in [9.17, 15) is 4.79 Å². The molecule has 0 saturated heterocycles. The first-order valence-electron chi connectivity index (χ1n) is 6.42. The summed E-state index contributed by atoms with van der Waals surface area (Å²) in [5.41, 5.74) is 1.71. The molecule has 0 radical (unpaired) electrons. The van der Waals surface area contributed by atoms with Crippen LogP contribution in [0.25, 0.3) is 0 Å². The molecule has 1 aliphatic rings. The largest absolute Gasteiger partial charge is 0.492 e. The number of anilines is 1. The van der Waals surface area contributed by atoms with Crippen molar-refractivity contribution in [1.82, 2.24) is 0 Å². The molecule has 0 bridgehead atoms. The molecule has 104 valence electrons. The molecular weight excluding hydrogens is 266 g/mol. The lowest BCUT2D eigenvalue weighted by atomic mass is 10.1. The molecule has 1 aromatic carbocycles. The summed E-state index contributed by atoms with van der Waals surface area (Å²) in [5, 5.41) is 2.17. The van der Waals surface area contributed by atoms with Crippen LogP contribution in [-0.4, -0.2) is 24.0 Å². The molecule has 2 atom stereocenters. The lowest BCUT2D eigenvalue weighted by Gasteiger charge is -2.14. The van der Waals surface area contributed by atoms with Crippen molar-refractivity contribution in [3.63, 3.8) is 0 Å². The van der Waals surface area contributed by atoms with Gasteiger partial charge in [-0.25, -0.2) is 0 Å². The van der Waals surface area contributed by atoms with E-state index in [-0.39, 0.29) is 12.0 Å². The second-order valence-electron chi connectivity index (χ2n) is 4.63. The van der Waals surface area contributed by atoms with Crippen LogP contribution in [0.2, 0.25) is 0 Å². The van der Waals surface area contributed by atoms with E-state index in [1.807, 2.05) is 19.9 Å². The van der Waals surface area contributed by atoms with Crippen LogP contribution in [0.1, 0.15) is 26.3 Å². The van der Waals surface area contributed by atoms with Crippen molar-refractivity contribution >= 4 is 23.2 Å². The Balaban J connectivity index is 2.30. The number of benzene rings is 1. The Morgan fingerprint density at radius 3 is 3.00 bits per heavy atom. The number of carbonyl (C=O) groups is 1. The van der Waals surface area contributed by atoms with Crippen LogP contribution in [0, 0.1) is 0 Å². The minimum atomic E-state index is -0.595. The van der Waals surface area contributed by atoms with E-state index < -0.39 is 5.38 Å². The summed E-state index contributed by atoms with van der Waals surface area (Å²) >= 11 is 5.76. The summed E-state index contributed by atoms with van der Waals surface area (Å²) in [6.07, 6.45) is 1.01. The minimum Gasteiger partial charge on any atom is -0.492 e. The number of rotatable bonds is 4. The summed E-state index contributed by atoms with van der Waals surface area (Å²) in [4.78, 5) is 11.7. The third-order valence-electron chi connectivity index (χ3n) is 2.92. The molecule has 1 amide bonds. The van der Waals surface area contributed by atoms with Gasteiger partial charge in [0, 0.05) is 18.1 Å². The highest BCUT2D eigenvalue weighted by Crippen LogP contribution is 2.38. The number of fused-ring (bicyclic) bond motifs is 1. The summed E-state index contributed by atoms with van der Waals surface area (Å²) in [6.45, 7) is 6.08. The van der Waals surface area contributed by atoms with Gasteiger partial charge in [0.2, 0.25) is 5.91 Å². The molecule has 1 heterocycles. The van der Waals surface area contributed by atoms with Crippen molar-refractivity contribution in [2.24, 2.45) is 0 Å². The van der Waals surface area contributed by atoms with Gasteiger partial charge in [0.05, 0.1) is 12.3 Å². The number of halogens is 1. The second-order valence-corrected chi connectivity index (χ2v) is 5.28. The molecule has 0 aliphatic carbocycles. The van der Waals surface area contributed by atoms with Crippen LogP contribution >= 0.6 is 11.6 Å². The minimum absolute atomic E-state index is 0.155. The van der Waals surface area contributed by atoms with Gasteiger partial charge in [-0.3, -0.25) is 4.79 Å². The molecule has 0 spiro atoms. The maximum Gasteiger partial charge on any atom is 0.242 e. The Morgan fingerprint density at radius 1 is 1.63 bits per heavy atom. The predicted molar refractivity (Wildman–Crippen MR) is 75.3 cm³/mol. The van der Waals surface area contributed by atoms with Gasteiger partial charge in [0.1, 0.15) is 23.0 Å². The van der Waals surface area contributed by atoms with Gasteiger partial charge in [-0.05, 0) is 26.8 Å². The first kappa shape index (κ1) is 14.0. The van der Waals surface area contributed by atoms with Gasteiger partial charge in [0.15, 0.2) is 0 Å². The fourth-order valence-corrected chi connectivity index (χ4v) is 2.10. The molecule has 4 nitrogen and oxygen atoms in total. The number of hydrogen-bond acceptors (Lipinski definition) is 3. The van der Waals surface area contributed by atoms with E-state index in [4.69, 9.17) is 21.1 Å². The Kier molecular flexibility index (Phi) is 4.20. The molecule has 1 N–H and O–H groups in total. The lowest BCUT2D eigenvalue weighted by molar-refractivity contribution is -0.115. The zero-order valence-corrected chi connectivity index (χ0v) is 12.1. The molecule has 2 rings (SSSR count). The maximum absolute atomic E-state index is 11.7. The van der Waals surface area contributed by atoms with Gasteiger partial charge < -0.3 is 14.8 Å². The highest BCUT2D eigenvalue weighted by Gasteiger charge is 2.23. The van der Waals surface area contributed by atoms with Gasteiger partial charge in [-0.15, -0.1) is 11.6 Å². The highest BCUT2D eigenvalue weighted by atomic mass is 35.5. The van der Waals surface area contributed by atoms with Gasteiger partial charge in [-0.1, -0.05) is 0 Å². The fourth-order valence-electron chi connectivity index (χ4n) is 2.04. The van der Waals surface area contributed by atoms with Crippen molar-refractivity contribution in [3.8, 4) is 11.5 Å². The smallest absolute Gasteiger partial charge is 0.242 e. The summed E-state index contributed by atoms with van der Waals surface area (Å²) < 4.78 is 11.2. The van der Waals surface area contributed by atoms with E-state index in [1.54, 1.807) is 13.0 Å². The summed E-state index contributed by atoms with van der Waals surface area (Å²) in [6, 6.07) is 3.73. The normalized spacial score (nSPS) is 18.4. The van der Waals surface area contributed by atoms with Crippen molar-refractivity contribution in [1.29, 1.82) is 0 Å². The zero-order chi connectivity index (χ0) is 14.0. The Morgan fingerprint density at radius 2 is 2.37 bits per heavy atom. The first-order chi connectivity index (χ1) is 9.01. The molecule has 19 heavy (non-hydrogen) atoms. The van der Waals surface area contributed by atoms with Crippen LogP contribution in [0.3, 0.4) is 0 Å². The number of carbonyl (C=O) groups excluding carboxylic acids is 1. The van der Waals surface area contributed by atoms with Crippen molar-refractivity contribution < 1.29 is 14.3 Å². The molecule has 0 fully saturated rings. The average Bonchev–Trinajstić information content (AvgIpc) is 2.68. The predicted octanol–water partition coefficient (Wildman–Crippen LogP) is 2.97. The van der Waals surface area contributed by atoms with Crippen LogP contribution < -0.4 is 14.8 Å². The number of nitrogens with one attached hydrogen (secondary N) is 1. The third kappa shape index (κ3) is 3.13. The van der Waals surface area contributed by atoms with Crippen LogP contribution in [0.4, 0.5) is 5.69 Å².